The van der Waals surface area contributed by atoms with E-state index in [9.17, 15) is 13.2 Å². The van der Waals surface area contributed by atoms with Gasteiger partial charge in [0.25, 0.3) is 0 Å². The molecule has 4 heteroatoms. The molecule has 2 rings (SSSR count). The molecule has 19 heavy (non-hydrogen) atoms. The fourth-order valence-electron chi connectivity index (χ4n) is 2.59. The highest BCUT2D eigenvalue weighted by molar-refractivity contribution is 5.25. The molecule has 1 fully saturated rings. The van der Waals surface area contributed by atoms with Crippen LogP contribution in [0.25, 0.3) is 0 Å². The highest BCUT2D eigenvalue weighted by Crippen LogP contribution is 2.29. The van der Waals surface area contributed by atoms with Gasteiger partial charge in [0.05, 0.1) is 5.56 Å². The first-order valence-electron chi connectivity index (χ1n) is 6.94. The minimum atomic E-state index is -4.23. The number of halogens is 3. The van der Waals surface area contributed by atoms with E-state index in [-0.39, 0.29) is 0 Å². The second-order valence-electron chi connectivity index (χ2n) is 5.20. The monoisotopic (exact) mass is 271 g/mol. The van der Waals surface area contributed by atoms with E-state index in [0.717, 1.165) is 44.1 Å². The number of piperidine rings is 1. The zero-order valence-corrected chi connectivity index (χ0v) is 11.0. The van der Waals surface area contributed by atoms with Gasteiger partial charge in [-0.2, -0.15) is 13.2 Å². The Morgan fingerprint density at radius 1 is 1.05 bits per heavy atom. The molecule has 1 heterocycles. The summed E-state index contributed by atoms with van der Waals surface area (Å²) in [7, 11) is 0. The van der Waals surface area contributed by atoms with Crippen LogP contribution in [0.3, 0.4) is 0 Å². The van der Waals surface area contributed by atoms with E-state index in [2.05, 4.69) is 4.90 Å². The number of benzene rings is 1. The summed E-state index contributed by atoms with van der Waals surface area (Å²) in [5, 5.41) is 0. The lowest BCUT2D eigenvalue weighted by Gasteiger charge is -2.26. The first kappa shape index (κ1) is 14.4. The number of hydrogen-bond donors (Lipinski definition) is 0. The molecule has 1 aliphatic heterocycles. The number of hydrogen-bond acceptors (Lipinski definition) is 1. The Bertz CT molecular complexity index is 395. The lowest BCUT2D eigenvalue weighted by atomic mass is 10.1. The molecule has 0 amide bonds. The molecule has 0 unspecified atom stereocenters. The van der Waals surface area contributed by atoms with Gasteiger partial charge in [-0.1, -0.05) is 24.6 Å². The lowest BCUT2D eigenvalue weighted by Crippen LogP contribution is -2.30. The Morgan fingerprint density at radius 3 is 2.47 bits per heavy atom. The van der Waals surface area contributed by atoms with E-state index < -0.39 is 11.7 Å². The molecule has 0 radical (unpaired) electrons. The minimum absolute atomic E-state index is 0.539. The third-order valence-corrected chi connectivity index (χ3v) is 3.64. The van der Waals surface area contributed by atoms with Gasteiger partial charge in [0, 0.05) is 0 Å². The molecule has 106 valence electrons. The Hall–Kier alpha value is -1.03. The SMILES string of the molecule is FC(F)(F)c1cccc(CCCN2CCCCC2)c1. The average Bonchev–Trinajstić information content (AvgIpc) is 2.39. The van der Waals surface area contributed by atoms with Gasteiger partial charge < -0.3 is 4.90 Å². The van der Waals surface area contributed by atoms with Crippen LogP contribution in [-0.4, -0.2) is 24.5 Å². The molecular weight excluding hydrogens is 251 g/mol. The fourth-order valence-corrected chi connectivity index (χ4v) is 2.59. The molecule has 0 atom stereocenters. The standard InChI is InChI=1S/C15H20F3N/c16-15(17,18)14-8-4-6-13(12-14)7-5-11-19-9-2-1-3-10-19/h4,6,8,12H,1-3,5,7,9-11H2. The molecule has 1 saturated heterocycles. The van der Waals surface area contributed by atoms with Crippen LogP contribution >= 0.6 is 0 Å². The van der Waals surface area contributed by atoms with Gasteiger partial charge in [-0.25, -0.2) is 0 Å². The van der Waals surface area contributed by atoms with E-state index in [0.29, 0.717) is 0 Å². The first-order valence-corrected chi connectivity index (χ1v) is 6.94. The second kappa shape index (κ2) is 6.42. The van der Waals surface area contributed by atoms with Crippen LogP contribution in [0.2, 0.25) is 0 Å². The van der Waals surface area contributed by atoms with Crippen molar-refractivity contribution in [3.8, 4) is 0 Å². The number of aryl methyl sites for hydroxylation is 1. The van der Waals surface area contributed by atoms with Crippen LogP contribution < -0.4 is 0 Å². The Kier molecular flexibility index (Phi) is 4.86. The highest BCUT2D eigenvalue weighted by Gasteiger charge is 2.30. The van der Waals surface area contributed by atoms with Crippen molar-refractivity contribution >= 4 is 0 Å². The first-order chi connectivity index (χ1) is 9.05. The third-order valence-electron chi connectivity index (χ3n) is 3.64. The number of alkyl halides is 3. The van der Waals surface area contributed by atoms with Gasteiger partial charge in [-0.15, -0.1) is 0 Å². The van der Waals surface area contributed by atoms with E-state index in [1.54, 1.807) is 6.07 Å². The maximum absolute atomic E-state index is 12.6. The van der Waals surface area contributed by atoms with Crippen molar-refractivity contribution in [1.82, 2.24) is 4.90 Å². The summed E-state index contributed by atoms with van der Waals surface area (Å²) in [6.07, 6.45) is 1.24. The Morgan fingerprint density at radius 2 is 1.79 bits per heavy atom. The quantitative estimate of drug-likeness (QED) is 0.796. The van der Waals surface area contributed by atoms with Crippen LogP contribution in [0.15, 0.2) is 24.3 Å². The molecule has 1 aromatic carbocycles. The lowest BCUT2D eigenvalue weighted by molar-refractivity contribution is -0.137. The summed E-state index contributed by atoms with van der Waals surface area (Å²) in [6.45, 7) is 3.28. The van der Waals surface area contributed by atoms with Crippen LogP contribution in [0.4, 0.5) is 13.2 Å². The smallest absolute Gasteiger partial charge is 0.303 e. The highest BCUT2D eigenvalue weighted by atomic mass is 19.4. The van der Waals surface area contributed by atoms with E-state index >= 15 is 0 Å². The normalized spacial score (nSPS) is 17.6. The zero-order chi connectivity index (χ0) is 13.7. The fraction of sp³-hybridized carbons (Fsp3) is 0.600. The van der Waals surface area contributed by atoms with Crippen LogP contribution in [0.5, 0.6) is 0 Å². The summed E-state index contributed by atoms with van der Waals surface area (Å²) in [5.41, 5.74) is 0.245. The Balaban J connectivity index is 1.82. The van der Waals surface area contributed by atoms with Gasteiger partial charge in [-0.3, -0.25) is 0 Å². The van der Waals surface area contributed by atoms with Gasteiger partial charge >= 0.3 is 6.18 Å². The maximum Gasteiger partial charge on any atom is 0.416 e. The second-order valence-corrected chi connectivity index (χ2v) is 5.20. The molecule has 1 nitrogen and oxygen atoms in total. The van der Waals surface area contributed by atoms with Crippen LogP contribution in [0, 0.1) is 0 Å². The molecular formula is C15H20F3N. The Labute approximate surface area is 112 Å². The molecule has 0 aromatic heterocycles. The van der Waals surface area contributed by atoms with Crippen molar-refractivity contribution in [2.24, 2.45) is 0 Å². The number of nitrogens with zero attached hydrogens (tertiary/aromatic N) is 1. The predicted molar refractivity (Wildman–Crippen MR) is 70.1 cm³/mol. The van der Waals surface area contributed by atoms with Gasteiger partial charge in [0.2, 0.25) is 0 Å². The summed E-state index contributed by atoms with van der Waals surface area (Å²) in [4.78, 5) is 2.41. The molecule has 1 aromatic rings. The van der Waals surface area contributed by atoms with E-state index in [1.807, 2.05) is 0 Å². The summed E-state index contributed by atoms with van der Waals surface area (Å²) < 4.78 is 37.7. The third kappa shape index (κ3) is 4.53. The summed E-state index contributed by atoms with van der Waals surface area (Å²) >= 11 is 0. The van der Waals surface area contributed by atoms with Gasteiger partial charge in [0.15, 0.2) is 0 Å². The topological polar surface area (TPSA) is 3.24 Å². The average molecular weight is 271 g/mol. The summed E-state index contributed by atoms with van der Waals surface area (Å²) in [6, 6.07) is 5.69. The number of likely N-dealkylation sites (tertiary alicyclic amines) is 1. The summed E-state index contributed by atoms with van der Waals surface area (Å²) in [5.74, 6) is 0. The maximum atomic E-state index is 12.6. The van der Waals surface area contributed by atoms with Crippen LogP contribution in [-0.2, 0) is 12.6 Å². The van der Waals surface area contributed by atoms with Crippen molar-refractivity contribution in [1.29, 1.82) is 0 Å². The van der Waals surface area contributed by atoms with E-state index in [4.69, 9.17) is 0 Å². The zero-order valence-electron chi connectivity index (χ0n) is 11.0. The molecule has 0 N–H and O–H groups in total. The van der Waals surface area contributed by atoms with Crippen molar-refractivity contribution in [2.45, 2.75) is 38.3 Å². The van der Waals surface area contributed by atoms with Crippen molar-refractivity contribution in [3.63, 3.8) is 0 Å². The minimum Gasteiger partial charge on any atom is -0.303 e. The predicted octanol–water partition coefficient (Wildman–Crippen LogP) is 4.12. The van der Waals surface area contributed by atoms with Crippen LogP contribution in [0.1, 0.15) is 36.8 Å². The number of rotatable bonds is 4. The largest absolute Gasteiger partial charge is 0.416 e. The van der Waals surface area contributed by atoms with Crippen molar-refractivity contribution in [3.05, 3.63) is 35.4 Å². The van der Waals surface area contributed by atoms with E-state index in [1.165, 1.54) is 31.4 Å². The molecule has 1 aliphatic rings. The molecule has 0 aliphatic carbocycles. The van der Waals surface area contributed by atoms with Gasteiger partial charge in [-0.05, 0) is 56.9 Å². The molecule has 0 saturated carbocycles. The van der Waals surface area contributed by atoms with Crippen molar-refractivity contribution in [2.75, 3.05) is 19.6 Å². The molecule has 0 spiro atoms. The molecule has 0 bridgehead atoms. The van der Waals surface area contributed by atoms with Gasteiger partial charge in [0.1, 0.15) is 0 Å². The van der Waals surface area contributed by atoms with Crippen molar-refractivity contribution < 1.29 is 13.2 Å².